The molecule has 4 heteroatoms. The number of hydrogen-bond donors (Lipinski definition) is 2. The molecule has 1 aromatic carbocycles. The third-order valence-corrected chi connectivity index (χ3v) is 3.37. The summed E-state index contributed by atoms with van der Waals surface area (Å²) >= 11 is 0. The zero-order valence-electron chi connectivity index (χ0n) is 12.5. The first kappa shape index (κ1) is 16.2. The number of nitrogens with one attached hydrogen (secondary N) is 1. The van der Waals surface area contributed by atoms with Crippen LogP contribution in [0.15, 0.2) is 29.4 Å². The highest BCUT2D eigenvalue weighted by atomic mass is 16.4. The number of anilines is 1. The number of amides is 1. The van der Waals surface area contributed by atoms with Gasteiger partial charge >= 0.3 is 0 Å². The lowest BCUT2D eigenvalue weighted by molar-refractivity contribution is -0.120. The van der Waals surface area contributed by atoms with Gasteiger partial charge in [-0.15, -0.1) is 0 Å². The summed E-state index contributed by atoms with van der Waals surface area (Å²) in [5.74, 6) is 0.0938. The smallest absolute Gasteiger partial charge is 0.227 e. The van der Waals surface area contributed by atoms with Gasteiger partial charge in [0.1, 0.15) is 0 Å². The predicted octanol–water partition coefficient (Wildman–Crippen LogP) is 4.04. The molecule has 0 aliphatic carbocycles. The van der Waals surface area contributed by atoms with Gasteiger partial charge in [-0.3, -0.25) is 4.79 Å². The molecule has 0 saturated heterocycles. The Morgan fingerprint density at radius 2 is 1.85 bits per heavy atom. The number of hydrogen-bond acceptors (Lipinski definition) is 3. The fourth-order valence-corrected chi connectivity index (χ4v) is 2.30. The molecule has 0 aliphatic rings. The van der Waals surface area contributed by atoms with E-state index in [1.54, 1.807) is 6.92 Å². The maximum atomic E-state index is 12.3. The summed E-state index contributed by atoms with van der Waals surface area (Å²) in [4.78, 5) is 12.3. The Kier molecular flexibility index (Phi) is 6.77. The number of rotatable bonds is 7. The van der Waals surface area contributed by atoms with Gasteiger partial charge in [-0.2, -0.15) is 0 Å². The lowest BCUT2D eigenvalue weighted by atomic mass is 9.97. The highest BCUT2D eigenvalue weighted by molar-refractivity contribution is 6.06. The van der Waals surface area contributed by atoms with E-state index in [2.05, 4.69) is 24.3 Å². The second-order valence-corrected chi connectivity index (χ2v) is 4.99. The Bertz CT molecular complexity index is 463. The molecule has 1 amide bonds. The average Bonchev–Trinajstić information content (AvgIpc) is 2.46. The minimum Gasteiger partial charge on any atom is -0.411 e. The van der Waals surface area contributed by atoms with Crippen LogP contribution in [0.1, 0.15) is 52.0 Å². The van der Waals surface area contributed by atoms with Crippen molar-refractivity contribution in [2.75, 3.05) is 5.32 Å². The Labute approximate surface area is 120 Å². The molecule has 0 radical (unpaired) electrons. The normalized spacial score (nSPS) is 11.7. The molecule has 0 unspecified atom stereocenters. The summed E-state index contributed by atoms with van der Waals surface area (Å²) in [6.07, 6.45) is 3.79. The highest BCUT2D eigenvalue weighted by Crippen LogP contribution is 2.20. The van der Waals surface area contributed by atoms with Crippen LogP contribution in [0.5, 0.6) is 0 Å². The van der Waals surface area contributed by atoms with E-state index in [0.29, 0.717) is 11.4 Å². The van der Waals surface area contributed by atoms with Gasteiger partial charge in [0.05, 0.1) is 5.71 Å². The SMILES string of the molecule is CCCC(CCC)C(=O)Nc1ccccc1/C(C)=N/O. The van der Waals surface area contributed by atoms with Crippen LogP contribution < -0.4 is 5.32 Å². The number of carbonyl (C=O) groups is 1. The summed E-state index contributed by atoms with van der Waals surface area (Å²) in [7, 11) is 0. The van der Waals surface area contributed by atoms with Gasteiger partial charge in [-0.25, -0.2) is 0 Å². The lowest BCUT2D eigenvalue weighted by Gasteiger charge is -2.17. The third-order valence-electron chi connectivity index (χ3n) is 3.37. The standard InChI is InChI=1S/C16H24N2O2/c1-4-8-13(9-5-2)16(19)17-15-11-7-6-10-14(15)12(3)18-20/h6-7,10-11,13,20H,4-5,8-9H2,1-3H3,(H,17,19)/b18-12+. The van der Waals surface area contributed by atoms with Crippen LogP contribution in [-0.2, 0) is 4.79 Å². The number of oxime groups is 1. The summed E-state index contributed by atoms with van der Waals surface area (Å²) in [5, 5.41) is 15.1. The molecule has 1 aromatic rings. The molecule has 0 spiro atoms. The molecule has 0 heterocycles. The van der Waals surface area contributed by atoms with E-state index in [1.165, 1.54) is 0 Å². The van der Waals surface area contributed by atoms with Crippen LogP contribution in [-0.4, -0.2) is 16.8 Å². The molecule has 0 atom stereocenters. The van der Waals surface area contributed by atoms with E-state index in [9.17, 15) is 4.79 Å². The van der Waals surface area contributed by atoms with Crippen LogP contribution in [0.25, 0.3) is 0 Å². The average molecular weight is 276 g/mol. The molecule has 4 nitrogen and oxygen atoms in total. The van der Waals surface area contributed by atoms with Crippen molar-refractivity contribution in [3.8, 4) is 0 Å². The Hall–Kier alpha value is -1.84. The molecule has 1 rings (SSSR count). The number of para-hydroxylation sites is 1. The van der Waals surface area contributed by atoms with Crippen LogP contribution in [0.4, 0.5) is 5.69 Å². The summed E-state index contributed by atoms with van der Waals surface area (Å²) in [6.45, 7) is 5.89. The van der Waals surface area contributed by atoms with E-state index in [0.717, 1.165) is 31.2 Å². The van der Waals surface area contributed by atoms with E-state index < -0.39 is 0 Å². The molecular weight excluding hydrogens is 252 g/mol. The molecule has 0 fully saturated rings. The topological polar surface area (TPSA) is 61.7 Å². The summed E-state index contributed by atoms with van der Waals surface area (Å²) < 4.78 is 0. The van der Waals surface area contributed by atoms with Crippen molar-refractivity contribution >= 4 is 17.3 Å². The first-order valence-corrected chi connectivity index (χ1v) is 7.22. The number of carbonyl (C=O) groups excluding carboxylic acids is 1. The second kappa shape index (κ2) is 8.35. The van der Waals surface area contributed by atoms with Crippen molar-refractivity contribution in [1.82, 2.24) is 0 Å². The largest absolute Gasteiger partial charge is 0.411 e. The second-order valence-electron chi connectivity index (χ2n) is 4.99. The van der Waals surface area contributed by atoms with Gasteiger partial charge in [-0.05, 0) is 25.8 Å². The molecule has 0 aromatic heterocycles. The quantitative estimate of drug-likeness (QED) is 0.448. The minimum absolute atomic E-state index is 0.0458. The third kappa shape index (κ3) is 4.37. The minimum atomic E-state index is 0.0458. The molecule has 20 heavy (non-hydrogen) atoms. The van der Waals surface area contributed by atoms with Crippen LogP contribution in [0, 0.1) is 5.92 Å². The first-order chi connectivity index (χ1) is 9.63. The van der Waals surface area contributed by atoms with Gasteiger partial charge in [-0.1, -0.05) is 50.0 Å². The van der Waals surface area contributed by atoms with Gasteiger partial charge in [0.15, 0.2) is 0 Å². The Morgan fingerprint density at radius 3 is 2.40 bits per heavy atom. The van der Waals surface area contributed by atoms with Crippen molar-refractivity contribution in [3.05, 3.63) is 29.8 Å². The Balaban J connectivity index is 2.89. The zero-order valence-corrected chi connectivity index (χ0v) is 12.5. The van der Waals surface area contributed by atoms with Crippen molar-refractivity contribution in [2.45, 2.75) is 46.5 Å². The van der Waals surface area contributed by atoms with Crippen LogP contribution in [0.2, 0.25) is 0 Å². The van der Waals surface area contributed by atoms with E-state index in [4.69, 9.17) is 5.21 Å². The number of benzene rings is 1. The van der Waals surface area contributed by atoms with Crippen molar-refractivity contribution < 1.29 is 10.0 Å². The van der Waals surface area contributed by atoms with Crippen molar-refractivity contribution in [2.24, 2.45) is 11.1 Å². The molecular formula is C16H24N2O2. The maximum absolute atomic E-state index is 12.3. The first-order valence-electron chi connectivity index (χ1n) is 7.22. The van der Waals surface area contributed by atoms with Gasteiger partial charge in [0.25, 0.3) is 0 Å². The predicted molar refractivity (Wildman–Crippen MR) is 82.4 cm³/mol. The molecule has 0 saturated carbocycles. The molecule has 0 bridgehead atoms. The van der Waals surface area contributed by atoms with Crippen LogP contribution in [0.3, 0.4) is 0 Å². The van der Waals surface area contributed by atoms with E-state index in [1.807, 2.05) is 24.3 Å². The summed E-state index contributed by atoms with van der Waals surface area (Å²) in [5.41, 5.74) is 1.93. The van der Waals surface area contributed by atoms with Crippen LogP contribution >= 0.6 is 0 Å². The fourth-order valence-electron chi connectivity index (χ4n) is 2.30. The summed E-state index contributed by atoms with van der Waals surface area (Å²) in [6, 6.07) is 7.38. The maximum Gasteiger partial charge on any atom is 0.227 e. The molecule has 110 valence electrons. The number of nitrogens with zero attached hydrogens (tertiary/aromatic N) is 1. The van der Waals surface area contributed by atoms with Crippen molar-refractivity contribution in [3.63, 3.8) is 0 Å². The van der Waals surface area contributed by atoms with Gasteiger partial charge in [0.2, 0.25) is 5.91 Å². The molecule has 0 aliphatic heterocycles. The highest BCUT2D eigenvalue weighted by Gasteiger charge is 2.18. The van der Waals surface area contributed by atoms with Gasteiger partial charge < -0.3 is 10.5 Å². The fraction of sp³-hybridized carbons (Fsp3) is 0.500. The Morgan fingerprint density at radius 1 is 1.25 bits per heavy atom. The van der Waals surface area contributed by atoms with E-state index in [-0.39, 0.29) is 11.8 Å². The lowest BCUT2D eigenvalue weighted by Crippen LogP contribution is -2.23. The van der Waals surface area contributed by atoms with Crippen molar-refractivity contribution in [1.29, 1.82) is 0 Å². The zero-order chi connectivity index (χ0) is 15.0. The van der Waals surface area contributed by atoms with Gasteiger partial charge in [0, 0.05) is 17.2 Å². The molecule has 2 N–H and O–H groups in total. The monoisotopic (exact) mass is 276 g/mol. The van der Waals surface area contributed by atoms with E-state index >= 15 is 0 Å².